The van der Waals surface area contributed by atoms with Crippen LogP contribution in [0.5, 0.6) is 0 Å². The Hall–Kier alpha value is -1.94. The van der Waals surface area contributed by atoms with E-state index >= 15 is 0 Å². The molecule has 0 aliphatic rings. The van der Waals surface area contributed by atoms with E-state index in [0.717, 1.165) is 29.9 Å². The van der Waals surface area contributed by atoms with E-state index < -0.39 is 0 Å². The fourth-order valence-corrected chi connectivity index (χ4v) is 2.00. The molecule has 0 radical (unpaired) electrons. The molecule has 4 nitrogen and oxygen atoms in total. The number of nitrogens with two attached hydrogens (primary N) is 1. The molecule has 0 unspecified atom stereocenters. The van der Waals surface area contributed by atoms with Crippen LogP contribution in [0.15, 0.2) is 24.3 Å². The maximum Gasteiger partial charge on any atom is 0.223 e. The summed E-state index contributed by atoms with van der Waals surface area (Å²) >= 11 is 0. The minimum atomic E-state index is 0.669. The highest BCUT2D eigenvalue weighted by Crippen LogP contribution is 2.22. The highest BCUT2D eigenvalue weighted by molar-refractivity contribution is 5.62. The zero-order valence-electron chi connectivity index (χ0n) is 12.4. The third-order valence-electron chi connectivity index (χ3n) is 3.32. The summed E-state index contributed by atoms with van der Waals surface area (Å²) in [6, 6.07) is 8.41. The van der Waals surface area contributed by atoms with E-state index in [9.17, 15) is 0 Å². The maximum absolute atomic E-state index is 5.49. The molecule has 106 valence electrons. The third-order valence-corrected chi connectivity index (χ3v) is 3.32. The van der Waals surface area contributed by atoms with Crippen LogP contribution in [0, 0.1) is 20.8 Å². The van der Waals surface area contributed by atoms with Gasteiger partial charge in [-0.25, -0.2) is 9.97 Å². The van der Waals surface area contributed by atoms with E-state index in [-0.39, 0.29) is 0 Å². The monoisotopic (exact) mass is 270 g/mol. The summed E-state index contributed by atoms with van der Waals surface area (Å²) in [4.78, 5) is 8.99. The van der Waals surface area contributed by atoms with Gasteiger partial charge in [0.15, 0.2) is 0 Å². The Labute approximate surface area is 120 Å². The first-order chi connectivity index (χ1) is 9.60. The molecule has 0 saturated carbocycles. The molecule has 0 saturated heterocycles. The average molecular weight is 270 g/mol. The smallest absolute Gasteiger partial charge is 0.223 e. The summed E-state index contributed by atoms with van der Waals surface area (Å²) in [5.41, 5.74) is 11.1. The zero-order chi connectivity index (χ0) is 14.5. The Morgan fingerprint density at radius 2 is 1.85 bits per heavy atom. The van der Waals surface area contributed by atoms with Crippen LogP contribution in [-0.2, 0) is 0 Å². The SMILES string of the molecule is Cc1cc(-c2ccc(C)c(C)c2)nc(NCCCN)n1. The molecule has 0 amide bonds. The molecule has 20 heavy (non-hydrogen) atoms. The van der Waals surface area contributed by atoms with Crippen LogP contribution in [0.1, 0.15) is 23.2 Å². The number of aromatic nitrogens is 2. The van der Waals surface area contributed by atoms with Crippen molar-refractivity contribution in [2.45, 2.75) is 27.2 Å². The predicted molar refractivity (Wildman–Crippen MR) is 83.8 cm³/mol. The second kappa shape index (κ2) is 6.48. The van der Waals surface area contributed by atoms with Crippen LogP contribution in [0.25, 0.3) is 11.3 Å². The summed E-state index contributed by atoms with van der Waals surface area (Å²) in [5.74, 6) is 0.673. The topological polar surface area (TPSA) is 63.8 Å². The second-order valence-electron chi connectivity index (χ2n) is 5.09. The highest BCUT2D eigenvalue weighted by Gasteiger charge is 2.05. The van der Waals surface area contributed by atoms with Gasteiger partial charge in [-0.1, -0.05) is 12.1 Å². The largest absolute Gasteiger partial charge is 0.354 e. The van der Waals surface area contributed by atoms with Crippen LogP contribution in [-0.4, -0.2) is 23.1 Å². The molecule has 0 fully saturated rings. The average Bonchev–Trinajstić information content (AvgIpc) is 2.41. The standard InChI is InChI=1S/C16H22N4/c1-11-5-6-14(9-12(11)2)15-10-13(3)19-16(20-15)18-8-4-7-17/h5-6,9-10H,4,7-8,17H2,1-3H3,(H,18,19,20). The van der Waals surface area contributed by atoms with E-state index in [0.29, 0.717) is 12.5 Å². The van der Waals surface area contributed by atoms with Crippen molar-refractivity contribution in [3.63, 3.8) is 0 Å². The molecule has 0 spiro atoms. The van der Waals surface area contributed by atoms with Crippen LogP contribution in [0.3, 0.4) is 0 Å². The van der Waals surface area contributed by atoms with E-state index in [1.54, 1.807) is 0 Å². The Bertz CT molecular complexity index is 593. The van der Waals surface area contributed by atoms with E-state index in [1.165, 1.54) is 11.1 Å². The van der Waals surface area contributed by atoms with Crippen molar-refractivity contribution >= 4 is 5.95 Å². The first-order valence-electron chi connectivity index (χ1n) is 6.97. The van der Waals surface area contributed by atoms with Crippen molar-refractivity contribution in [1.82, 2.24) is 9.97 Å². The van der Waals surface area contributed by atoms with Gasteiger partial charge in [-0.05, 0) is 57.0 Å². The van der Waals surface area contributed by atoms with Gasteiger partial charge < -0.3 is 11.1 Å². The van der Waals surface area contributed by atoms with Crippen molar-refractivity contribution in [2.24, 2.45) is 5.73 Å². The van der Waals surface area contributed by atoms with Gasteiger partial charge in [-0.3, -0.25) is 0 Å². The van der Waals surface area contributed by atoms with Crippen molar-refractivity contribution in [2.75, 3.05) is 18.4 Å². The Kier molecular flexibility index (Phi) is 4.69. The molecular formula is C16H22N4. The maximum atomic E-state index is 5.49. The van der Waals surface area contributed by atoms with E-state index in [4.69, 9.17) is 5.73 Å². The lowest BCUT2D eigenvalue weighted by atomic mass is 10.0. The number of anilines is 1. The molecule has 2 rings (SSSR count). The number of hydrogen-bond donors (Lipinski definition) is 2. The number of aryl methyl sites for hydroxylation is 3. The molecule has 1 aromatic carbocycles. The van der Waals surface area contributed by atoms with Crippen molar-refractivity contribution in [3.8, 4) is 11.3 Å². The van der Waals surface area contributed by atoms with Gasteiger partial charge in [0.05, 0.1) is 5.69 Å². The molecule has 2 aromatic rings. The van der Waals surface area contributed by atoms with Crippen molar-refractivity contribution < 1.29 is 0 Å². The summed E-state index contributed by atoms with van der Waals surface area (Å²) in [6.45, 7) is 7.69. The number of nitrogens with one attached hydrogen (secondary N) is 1. The zero-order valence-corrected chi connectivity index (χ0v) is 12.4. The number of nitrogens with zero attached hydrogens (tertiary/aromatic N) is 2. The van der Waals surface area contributed by atoms with Gasteiger partial charge >= 0.3 is 0 Å². The van der Waals surface area contributed by atoms with E-state index in [1.807, 2.05) is 13.0 Å². The molecule has 1 heterocycles. The number of rotatable bonds is 5. The van der Waals surface area contributed by atoms with Gasteiger partial charge in [0.1, 0.15) is 0 Å². The minimum Gasteiger partial charge on any atom is -0.354 e. The summed E-state index contributed by atoms with van der Waals surface area (Å²) < 4.78 is 0. The van der Waals surface area contributed by atoms with Gasteiger partial charge in [-0.2, -0.15) is 0 Å². The summed E-state index contributed by atoms with van der Waals surface area (Å²) in [5, 5.41) is 3.22. The Morgan fingerprint density at radius 1 is 1.05 bits per heavy atom. The molecule has 0 aliphatic heterocycles. The highest BCUT2D eigenvalue weighted by atomic mass is 15.1. The number of benzene rings is 1. The molecule has 0 aliphatic carbocycles. The van der Waals surface area contributed by atoms with Crippen molar-refractivity contribution in [3.05, 3.63) is 41.1 Å². The normalized spacial score (nSPS) is 10.6. The molecule has 3 N–H and O–H groups in total. The van der Waals surface area contributed by atoms with Gasteiger partial charge in [0.2, 0.25) is 5.95 Å². The minimum absolute atomic E-state index is 0.669. The van der Waals surface area contributed by atoms with Gasteiger partial charge in [0, 0.05) is 17.8 Å². The third kappa shape index (κ3) is 3.54. The lowest BCUT2D eigenvalue weighted by Crippen LogP contribution is -2.11. The Morgan fingerprint density at radius 3 is 2.55 bits per heavy atom. The lowest BCUT2D eigenvalue weighted by molar-refractivity contribution is 0.862. The van der Waals surface area contributed by atoms with Crippen LogP contribution in [0.2, 0.25) is 0 Å². The summed E-state index contributed by atoms with van der Waals surface area (Å²) in [6.07, 6.45) is 0.913. The summed E-state index contributed by atoms with van der Waals surface area (Å²) in [7, 11) is 0. The van der Waals surface area contributed by atoms with Gasteiger partial charge in [0.25, 0.3) is 0 Å². The van der Waals surface area contributed by atoms with Crippen molar-refractivity contribution in [1.29, 1.82) is 0 Å². The molecular weight excluding hydrogens is 248 g/mol. The molecule has 0 bridgehead atoms. The molecule has 4 heteroatoms. The fraction of sp³-hybridized carbons (Fsp3) is 0.375. The number of hydrogen-bond acceptors (Lipinski definition) is 4. The fourth-order valence-electron chi connectivity index (χ4n) is 2.00. The molecule has 1 aromatic heterocycles. The quantitative estimate of drug-likeness (QED) is 0.820. The second-order valence-corrected chi connectivity index (χ2v) is 5.09. The van der Waals surface area contributed by atoms with Crippen LogP contribution in [0.4, 0.5) is 5.95 Å². The van der Waals surface area contributed by atoms with E-state index in [2.05, 4.69) is 47.3 Å². The van der Waals surface area contributed by atoms with Crippen LogP contribution < -0.4 is 11.1 Å². The molecule has 0 atom stereocenters. The van der Waals surface area contributed by atoms with Gasteiger partial charge in [-0.15, -0.1) is 0 Å². The van der Waals surface area contributed by atoms with Crippen LogP contribution >= 0.6 is 0 Å². The first-order valence-corrected chi connectivity index (χ1v) is 6.97. The predicted octanol–water partition coefficient (Wildman–Crippen LogP) is 2.83. The lowest BCUT2D eigenvalue weighted by Gasteiger charge is -2.09. The Balaban J connectivity index is 2.28. The first kappa shape index (κ1) is 14.5.